The molecule has 0 saturated carbocycles. The predicted molar refractivity (Wildman–Crippen MR) is 128 cm³/mol. The summed E-state index contributed by atoms with van der Waals surface area (Å²) in [6.45, 7) is 11.1. The highest BCUT2D eigenvalue weighted by Crippen LogP contribution is 2.25. The molecule has 0 radical (unpaired) electrons. The molecular formula is C25H36FN3O4S. The van der Waals surface area contributed by atoms with Gasteiger partial charge < -0.3 is 14.2 Å². The number of imidazole rings is 1. The second-order valence-corrected chi connectivity index (χ2v) is 12.4. The molecule has 2 aromatic rings. The Kier molecular flexibility index (Phi) is 8.18. The Morgan fingerprint density at radius 3 is 2.59 bits per heavy atom. The third-order valence-corrected chi connectivity index (χ3v) is 7.42. The fraction of sp³-hybridized carbons (Fsp3) is 0.600. The lowest BCUT2D eigenvalue weighted by molar-refractivity contribution is -0.135. The minimum absolute atomic E-state index is 0.00290. The Balaban J connectivity index is 1.96. The summed E-state index contributed by atoms with van der Waals surface area (Å²) in [6.07, 6.45) is 3.50. The Bertz CT molecular complexity index is 1100. The Morgan fingerprint density at radius 2 is 2.00 bits per heavy atom. The number of hydrogen-bond acceptors (Lipinski definition) is 5. The highest BCUT2D eigenvalue weighted by molar-refractivity contribution is 7.90. The molecule has 0 spiro atoms. The Morgan fingerprint density at radius 1 is 1.29 bits per heavy atom. The molecule has 9 heteroatoms. The molecule has 1 aliphatic rings. The largest absolute Gasteiger partial charge is 0.376 e. The first kappa shape index (κ1) is 26.3. The van der Waals surface area contributed by atoms with Gasteiger partial charge in [0.2, 0.25) is 20.9 Å². The number of hydrogen-bond donors (Lipinski definition) is 0. The zero-order valence-corrected chi connectivity index (χ0v) is 21.6. The van der Waals surface area contributed by atoms with Gasteiger partial charge in [-0.05, 0) is 38.2 Å². The van der Waals surface area contributed by atoms with E-state index in [0.29, 0.717) is 25.3 Å². The molecule has 1 atom stereocenters. The third-order valence-electron chi connectivity index (χ3n) is 5.85. The van der Waals surface area contributed by atoms with Crippen LogP contribution in [0.5, 0.6) is 0 Å². The van der Waals surface area contributed by atoms with Crippen LogP contribution in [0.25, 0.3) is 0 Å². The quantitative estimate of drug-likeness (QED) is 0.519. The van der Waals surface area contributed by atoms with Crippen molar-refractivity contribution in [1.29, 1.82) is 0 Å². The van der Waals surface area contributed by atoms with Crippen LogP contribution in [-0.4, -0.2) is 47.5 Å². The zero-order chi connectivity index (χ0) is 25.1. The van der Waals surface area contributed by atoms with Crippen molar-refractivity contribution in [2.24, 2.45) is 5.41 Å². The average Bonchev–Trinajstić information content (AvgIpc) is 3.37. The molecule has 2 heterocycles. The lowest BCUT2D eigenvalue weighted by Crippen LogP contribution is -2.39. The van der Waals surface area contributed by atoms with E-state index in [4.69, 9.17) is 4.74 Å². The molecule has 34 heavy (non-hydrogen) atoms. The standard InChI is InChI=1S/C25H36FN3O4S/c1-18(2)28(23(30)13-25(3,4)5)15-20-14-27-24(29(20)16-21-10-8-12-33-21)34(31,32)17-19-9-6-7-11-22(19)26/h6-7,9,11,14,18,21H,8,10,12-13,15-17H2,1-5H3/t21-/m0/s1. The number of carbonyl (C=O) groups excluding carboxylic acids is 1. The van der Waals surface area contributed by atoms with Crippen molar-refractivity contribution in [3.63, 3.8) is 0 Å². The highest BCUT2D eigenvalue weighted by Gasteiger charge is 2.30. The van der Waals surface area contributed by atoms with E-state index in [9.17, 15) is 17.6 Å². The van der Waals surface area contributed by atoms with Crippen LogP contribution in [0.1, 0.15) is 65.1 Å². The number of benzene rings is 1. The number of halogens is 1. The molecule has 7 nitrogen and oxygen atoms in total. The van der Waals surface area contributed by atoms with E-state index >= 15 is 0 Å². The van der Waals surface area contributed by atoms with Gasteiger partial charge in [0.1, 0.15) is 5.82 Å². The van der Waals surface area contributed by atoms with Crippen molar-refractivity contribution >= 4 is 15.7 Å². The number of ether oxygens (including phenoxy) is 1. The molecular weight excluding hydrogens is 457 g/mol. The second-order valence-electron chi connectivity index (χ2n) is 10.5. The zero-order valence-electron chi connectivity index (χ0n) is 20.8. The van der Waals surface area contributed by atoms with E-state index in [1.54, 1.807) is 15.5 Å². The second kappa shape index (κ2) is 10.6. The highest BCUT2D eigenvalue weighted by atomic mass is 32.2. The summed E-state index contributed by atoms with van der Waals surface area (Å²) < 4.78 is 48.3. The van der Waals surface area contributed by atoms with E-state index in [1.807, 2.05) is 34.6 Å². The summed E-state index contributed by atoms with van der Waals surface area (Å²) in [4.78, 5) is 19.1. The van der Waals surface area contributed by atoms with Crippen LogP contribution in [-0.2, 0) is 38.2 Å². The van der Waals surface area contributed by atoms with Gasteiger partial charge in [0.05, 0.1) is 36.8 Å². The number of rotatable bonds is 9. The van der Waals surface area contributed by atoms with Crippen LogP contribution < -0.4 is 0 Å². The molecule has 0 aliphatic carbocycles. The molecule has 3 rings (SSSR count). The van der Waals surface area contributed by atoms with Gasteiger partial charge in [-0.1, -0.05) is 39.0 Å². The minimum Gasteiger partial charge on any atom is -0.376 e. The molecule has 0 unspecified atom stereocenters. The number of carbonyl (C=O) groups is 1. The first-order valence-electron chi connectivity index (χ1n) is 11.8. The lowest BCUT2D eigenvalue weighted by Gasteiger charge is -2.30. The maximum Gasteiger partial charge on any atom is 0.228 e. The van der Waals surface area contributed by atoms with E-state index < -0.39 is 21.4 Å². The Hall–Kier alpha value is -2.26. The fourth-order valence-electron chi connectivity index (χ4n) is 4.13. The monoisotopic (exact) mass is 493 g/mol. The summed E-state index contributed by atoms with van der Waals surface area (Å²) in [5.41, 5.74) is 0.551. The molecule has 1 saturated heterocycles. The minimum atomic E-state index is -3.94. The van der Waals surface area contributed by atoms with Gasteiger partial charge in [-0.2, -0.15) is 0 Å². The number of sulfone groups is 1. The molecule has 1 fully saturated rings. The van der Waals surface area contributed by atoms with Gasteiger partial charge in [0.25, 0.3) is 0 Å². The van der Waals surface area contributed by atoms with Crippen LogP contribution in [0.15, 0.2) is 35.6 Å². The topological polar surface area (TPSA) is 81.5 Å². The fourth-order valence-corrected chi connectivity index (χ4v) is 5.64. The summed E-state index contributed by atoms with van der Waals surface area (Å²) >= 11 is 0. The van der Waals surface area contributed by atoms with Gasteiger partial charge in [-0.3, -0.25) is 4.79 Å². The summed E-state index contributed by atoms with van der Waals surface area (Å²) in [7, 11) is -3.94. The first-order chi connectivity index (χ1) is 15.9. The molecule has 1 aromatic heterocycles. The van der Waals surface area contributed by atoms with Crippen molar-refractivity contribution < 1.29 is 22.3 Å². The molecule has 1 aliphatic heterocycles. The van der Waals surface area contributed by atoms with E-state index in [-0.39, 0.29) is 40.7 Å². The predicted octanol–water partition coefficient (Wildman–Crippen LogP) is 4.35. The van der Waals surface area contributed by atoms with Gasteiger partial charge in [0, 0.05) is 24.6 Å². The van der Waals surface area contributed by atoms with Crippen LogP contribution in [0, 0.1) is 11.2 Å². The van der Waals surface area contributed by atoms with Crippen molar-refractivity contribution in [2.75, 3.05) is 6.61 Å². The molecule has 1 aromatic carbocycles. The Labute approximate surface area is 202 Å². The van der Waals surface area contributed by atoms with Crippen LogP contribution >= 0.6 is 0 Å². The van der Waals surface area contributed by atoms with Crippen LogP contribution in [0.3, 0.4) is 0 Å². The summed E-state index contributed by atoms with van der Waals surface area (Å²) in [5, 5.41) is -0.117. The van der Waals surface area contributed by atoms with Gasteiger partial charge in [-0.15, -0.1) is 0 Å². The SMILES string of the molecule is CC(C)N(Cc1cnc(S(=O)(=O)Cc2ccccc2F)n1C[C@@H]1CCCO1)C(=O)CC(C)(C)C. The molecule has 1 amide bonds. The lowest BCUT2D eigenvalue weighted by atomic mass is 9.91. The van der Waals surface area contributed by atoms with Crippen molar-refractivity contribution in [1.82, 2.24) is 14.5 Å². The molecule has 188 valence electrons. The van der Waals surface area contributed by atoms with E-state index in [1.165, 1.54) is 24.4 Å². The van der Waals surface area contributed by atoms with Crippen molar-refractivity contribution in [3.8, 4) is 0 Å². The van der Waals surface area contributed by atoms with E-state index in [2.05, 4.69) is 4.98 Å². The summed E-state index contributed by atoms with van der Waals surface area (Å²) in [6, 6.07) is 5.78. The normalized spacial score (nSPS) is 16.9. The smallest absolute Gasteiger partial charge is 0.228 e. The maximum atomic E-state index is 14.2. The van der Waals surface area contributed by atoms with Gasteiger partial charge in [0.15, 0.2) is 0 Å². The molecule has 0 N–H and O–H groups in total. The van der Waals surface area contributed by atoms with Crippen LogP contribution in [0.2, 0.25) is 0 Å². The number of aromatic nitrogens is 2. The summed E-state index contributed by atoms with van der Waals surface area (Å²) in [5.74, 6) is -1.05. The molecule has 0 bridgehead atoms. The number of amides is 1. The van der Waals surface area contributed by atoms with Gasteiger partial charge >= 0.3 is 0 Å². The van der Waals surface area contributed by atoms with Crippen molar-refractivity contribution in [3.05, 3.63) is 47.5 Å². The van der Waals surface area contributed by atoms with Crippen molar-refractivity contribution in [2.45, 2.75) is 90.0 Å². The third kappa shape index (κ3) is 6.66. The average molecular weight is 494 g/mol. The first-order valence-corrected chi connectivity index (χ1v) is 13.4. The maximum absolute atomic E-state index is 14.2. The van der Waals surface area contributed by atoms with Gasteiger partial charge in [-0.25, -0.2) is 17.8 Å². The van der Waals surface area contributed by atoms with E-state index in [0.717, 1.165) is 12.8 Å². The van der Waals surface area contributed by atoms with Crippen LogP contribution in [0.4, 0.5) is 4.39 Å². The number of nitrogens with zero attached hydrogens (tertiary/aromatic N) is 3.